The maximum absolute atomic E-state index is 12.7. The van der Waals surface area contributed by atoms with Gasteiger partial charge in [-0.1, -0.05) is 11.3 Å². The van der Waals surface area contributed by atoms with Crippen LogP contribution in [0, 0.1) is 5.82 Å². The van der Waals surface area contributed by atoms with Crippen LogP contribution in [0.15, 0.2) is 29.3 Å². The van der Waals surface area contributed by atoms with Crippen molar-refractivity contribution in [3.8, 4) is 5.88 Å². The van der Waals surface area contributed by atoms with Crippen molar-refractivity contribution in [3.63, 3.8) is 0 Å². The van der Waals surface area contributed by atoms with Gasteiger partial charge in [0.15, 0.2) is 5.13 Å². The van der Waals surface area contributed by atoms with Crippen molar-refractivity contribution in [3.05, 3.63) is 35.0 Å². The van der Waals surface area contributed by atoms with Gasteiger partial charge in [0.2, 0.25) is 11.8 Å². The standard InChI is InChI=1S/C12H10FN3O2S/c1-7(17)15-12-16-11(18)10(19-12)6-14-9-4-2-8(13)3-5-9/h2-6,18H,1H3,(H,15,16,17). The molecule has 7 heteroatoms. The number of aromatic nitrogens is 1. The first-order chi connectivity index (χ1) is 9.04. The molecule has 0 aliphatic carbocycles. The molecule has 0 spiro atoms. The van der Waals surface area contributed by atoms with Crippen LogP contribution in [0.2, 0.25) is 0 Å². The maximum atomic E-state index is 12.7. The van der Waals surface area contributed by atoms with E-state index in [1.807, 2.05) is 0 Å². The molecule has 0 unspecified atom stereocenters. The molecule has 2 rings (SSSR count). The van der Waals surface area contributed by atoms with Gasteiger partial charge >= 0.3 is 0 Å². The Morgan fingerprint density at radius 2 is 2.16 bits per heavy atom. The highest BCUT2D eigenvalue weighted by molar-refractivity contribution is 7.17. The number of anilines is 1. The molecule has 2 N–H and O–H groups in total. The van der Waals surface area contributed by atoms with Gasteiger partial charge < -0.3 is 10.4 Å². The summed E-state index contributed by atoms with van der Waals surface area (Å²) in [5.74, 6) is -0.817. The molecule has 0 saturated heterocycles. The average molecular weight is 279 g/mol. The molecule has 2 aromatic rings. The molecule has 0 aliphatic heterocycles. The lowest BCUT2D eigenvalue weighted by Gasteiger charge is -1.92. The number of nitrogens with one attached hydrogen (secondary N) is 1. The Bertz CT molecular complexity index is 622. The van der Waals surface area contributed by atoms with Gasteiger partial charge in [0, 0.05) is 6.92 Å². The normalized spacial score (nSPS) is 10.8. The largest absolute Gasteiger partial charge is 0.492 e. The third kappa shape index (κ3) is 3.59. The van der Waals surface area contributed by atoms with Crippen LogP contribution in [0.1, 0.15) is 11.8 Å². The molecular formula is C12H10FN3O2S. The number of nitrogens with zero attached hydrogens (tertiary/aromatic N) is 2. The zero-order chi connectivity index (χ0) is 13.8. The number of thiazole rings is 1. The first-order valence-corrected chi connectivity index (χ1v) is 6.13. The van der Waals surface area contributed by atoms with E-state index >= 15 is 0 Å². The molecular weight excluding hydrogens is 269 g/mol. The summed E-state index contributed by atoms with van der Waals surface area (Å²) in [7, 11) is 0. The fourth-order valence-corrected chi connectivity index (χ4v) is 2.05. The maximum Gasteiger partial charge on any atom is 0.233 e. The fraction of sp³-hybridized carbons (Fsp3) is 0.0833. The van der Waals surface area contributed by atoms with Crippen LogP contribution in [0.3, 0.4) is 0 Å². The van der Waals surface area contributed by atoms with E-state index in [-0.39, 0.29) is 17.6 Å². The van der Waals surface area contributed by atoms with Gasteiger partial charge in [-0.25, -0.2) is 4.39 Å². The van der Waals surface area contributed by atoms with E-state index in [2.05, 4.69) is 15.3 Å². The van der Waals surface area contributed by atoms with Gasteiger partial charge in [-0.2, -0.15) is 4.98 Å². The van der Waals surface area contributed by atoms with Crippen molar-refractivity contribution in [2.24, 2.45) is 4.99 Å². The molecule has 0 bridgehead atoms. The summed E-state index contributed by atoms with van der Waals surface area (Å²) < 4.78 is 12.7. The number of aromatic hydroxyl groups is 1. The SMILES string of the molecule is CC(=O)Nc1nc(O)c(C=Nc2ccc(F)cc2)s1. The van der Waals surface area contributed by atoms with Gasteiger partial charge in [-0.05, 0) is 24.3 Å². The van der Waals surface area contributed by atoms with Crippen molar-refractivity contribution >= 4 is 34.3 Å². The predicted octanol–water partition coefficient (Wildman–Crippen LogP) is 2.70. The van der Waals surface area contributed by atoms with E-state index < -0.39 is 0 Å². The lowest BCUT2D eigenvalue weighted by molar-refractivity contribution is -0.114. The Hall–Kier alpha value is -2.28. The molecule has 1 heterocycles. The Morgan fingerprint density at radius 1 is 1.47 bits per heavy atom. The quantitative estimate of drug-likeness (QED) is 0.848. The zero-order valence-corrected chi connectivity index (χ0v) is 10.7. The van der Waals surface area contributed by atoms with Crippen molar-refractivity contribution < 1.29 is 14.3 Å². The lowest BCUT2D eigenvalue weighted by Crippen LogP contribution is -2.04. The summed E-state index contributed by atoms with van der Waals surface area (Å²) in [6.07, 6.45) is 1.41. The average Bonchev–Trinajstić information content (AvgIpc) is 2.68. The first-order valence-electron chi connectivity index (χ1n) is 5.31. The van der Waals surface area contributed by atoms with Crippen LogP contribution >= 0.6 is 11.3 Å². The molecule has 19 heavy (non-hydrogen) atoms. The van der Waals surface area contributed by atoms with Crippen LogP contribution in [-0.2, 0) is 4.79 Å². The summed E-state index contributed by atoms with van der Waals surface area (Å²) in [6, 6.07) is 5.61. The van der Waals surface area contributed by atoms with Crippen LogP contribution in [0.25, 0.3) is 0 Å². The smallest absolute Gasteiger partial charge is 0.233 e. The highest BCUT2D eigenvalue weighted by Gasteiger charge is 2.08. The number of halogens is 1. The van der Waals surface area contributed by atoms with Gasteiger partial charge in [-0.15, -0.1) is 0 Å². The van der Waals surface area contributed by atoms with Gasteiger partial charge in [0.1, 0.15) is 10.7 Å². The molecule has 0 fully saturated rings. The van der Waals surface area contributed by atoms with Crippen LogP contribution in [0.5, 0.6) is 5.88 Å². The number of carbonyl (C=O) groups excluding carboxylic acids is 1. The molecule has 0 radical (unpaired) electrons. The second-order valence-corrected chi connectivity index (χ2v) is 4.65. The Balaban J connectivity index is 2.16. The number of amides is 1. The topological polar surface area (TPSA) is 74.6 Å². The molecule has 5 nitrogen and oxygen atoms in total. The van der Waals surface area contributed by atoms with Crippen molar-refractivity contribution in [1.82, 2.24) is 4.98 Å². The Morgan fingerprint density at radius 3 is 2.79 bits per heavy atom. The summed E-state index contributed by atoms with van der Waals surface area (Å²) >= 11 is 1.09. The van der Waals surface area contributed by atoms with Gasteiger partial charge in [0.05, 0.1) is 11.9 Å². The molecule has 0 atom stereocenters. The monoisotopic (exact) mass is 279 g/mol. The predicted molar refractivity (Wildman–Crippen MR) is 71.7 cm³/mol. The summed E-state index contributed by atoms with van der Waals surface area (Å²) in [5, 5.41) is 12.3. The number of rotatable bonds is 3. The third-order valence-electron chi connectivity index (χ3n) is 2.07. The first kappa shape index (κ1) is 13.2. The Kier molecular flexibility index (Phi) is 3.86. The minimum atomic E-state index is -0.340. The summed E-state index contributed by atoms with van der Waals surface area (Å²) in [6.45, 7) is 1.35. The molecule has 0 aliphatic rings. The highest BCUT2D eigenvalue weighted by atomic mass is 32.1. The summed E-state index contributed by atoms with van der Waals surface area (Å²) in [4.78, 5) is 19.1. The van der Waals surface area contributed by atoms with E-state index in [1.54, 1.807) is 0 Å². The minimum absolute atomic E-state index is 0.209. The Labute approximate surface area is 112 Å². The summed E-state index contributed by atoms with van der Waals surface area (Å²) in [5.41, 5.74) is 0.551. The van der Waals surface area contributed by atoms with Crippen molar-refractivity contribution in [2.75, 3.05) is 5.32 Å². The van der Waals surface area contributed by atoms with Crippen molar-refractivity contribution in [2.45, 2.75) is 6.92 Å². The van der Waals surface area contributed by atoms with Crippen LogP contribution in [-0.4, -0.2) is 22.2 Å². The van der Waals surface area contributed by atoms with Crippen LogP contribution < -0.4 is 5.32 Å². The second kappa shape index (κ2) is 5.57. The van der Waals surface area contributed by atoms with E-state index in [0.717, 1.165) is 11.3 Å². The number of hydrogen-bond donors (Lipinski definition) is 2. The van der Waals surface area contributed by atoms with E-state index in [4.69, 9.17) is 0 Å². The van der Waals surface area contributed by atoms with E-state index in [0.29, 0.717) is 15.7 Å². The highest BCUT2D eigenvalue weighted by Crippen LogP contribution is 2.26. The minimum Gasteiger partial charge on any atom is -0.492 e. The molecule has 1 aromatic carbocycles. The number of hydrogen-bond acceptors (Lipinski definition) is 5. The molecule has 0 saturated carbocycles. The number of carbonyl (C=O) groups is 1. The van der Waals surface area contributed by atoms with E-state index in [9.17, 15) is 14.3 Å². The zero-order valence-electron chi connectivity index (χ0n) is 9.92. The number of benzene rings is 1. The molecule has 1 aromatic heterocycles. The van der Waals surface area contributed by atoms with Gasteiger partial charge in [-0.3, -0.25) is 9.79 Å². The molecule has 1 amide bonds. The second-order valence-electron chi connectivity index (χ2n) is 3.62. The van der Waals surface area contributed by atoms with E-state index in [1.165, 1.54) is 37.4 Å². The lowest BCUT2D eigenvalue weighted by atomic mass is 10.3. The van der Waals surface area contributed by atoms with Crippen LogP contribution in [0.4, 0.5) is 15.2 Å². The van der Waals surface area contributed by atoms with Gasteiger partial charge in [0.25, 0.3) is 0 Å². The van der Waals surface area contributed by atoms with Crippen molar-refractivity contribution in [1.29, 1.82) is 0 Å². The third-order valence-corrected chi connectivity index (χ3v) is 2.97. The number of aliphatic imine (C=N–C) groups is 1. The fourth-order valence-electron chi connectivity index (χ4n) is 1.27. The molecule has 98 valence electrons.